The van der Waals surface area contributed by atoms with E-state index in [2.05, 4.69) is 32.0 Å². The van der Waals surface area contributed by atoms with Gasteiger partial charge >= 0.3 is 112 Å². The van der Waals surface area contributed by atoms with Gasteiger partial charge in [-0.05, 0) is 0 Å². The Morgan fingerprint density at radius 1 is 0.941 bits per heavy atom. The number of rotatable bonds is 2. The number of hydrogen-bond acceptors (Lipinski definition) is 2. The summed E-state index contributed by atoms with van der Waals surface area (Å²) in [6, 6.07) is 12.5. The van der Waals surface area contributed by atoms with Gasteiger partial charge in [0.1, 0.15) is 0 Å². The van der Waals surface area contributed by atoms with Gasteiger partial charge in [0.15, 0.2) is 0 Å². The molecule has 3 heteroatoms. The molecule has 0 unspecified atom stereocenters. The molecule has 2 nitrogen and oxygen atoms in total. The van der Waals surface area contributed by atoms with Crippen molar-refractivity contribution in [2.75, 3.05) is 11.5 Å². The average Bonchev–Trinajstić information content (AvgIpc) is 2.30. The van der Waals surface area contributed by atoms with Crippen LogP contribution in [0.2, 0.25) is 0 Å². The summed E-state index contributed by atoms with van der Waals surface area (Å²) in [5.41, 5.74) is 15.9. The Kier molecular flexibility index (Phi) is 3.61. The second-order valence-corrected chi connectivity index (χ2v) is 7.27. The number of aryl methyl sites for hydroxylation is 1. The predicted molar refractivity (Wildman–Crippen MR) is 76.2 cm³/mol. The van der Waals surface area contributed by atoms with E-state index in [1.54, 1.807) is 0 Å². The minimum atomic E-state index is -0.370. The summed E-state index contributed by atoms with van der Waals surface area (Å²) in [5, 5.41) is 0. The van der Waals surface area contributed by atoms with E-state index in [9.17, 15) is 0 Å². The minimum absolute atomic E-state index is 0.370. The Labute approximate surface area is 112 Å². The summed E-state index contributed by atoms with van der Waals surface area (Å²) in [6.45, 7) is 4.15. The maximum absolute atomic E-state index is 5.93. The Hall–Kier alpha value is -1.17. The summed E-state index contributed by atoms with van der Waals surface area (Å²) in [4.78, 5) is 0. The van der Waals surface area contributed by atoms with E-state index in [-0.39, 0.29) is 20.9 Å². The van der Waals surface area contributed by atoms with E-state index >= 15 is 0 Å². The van der Waals surface area contributed by atoms with E-state index in [0.29, 0.717) is 0 Å². The van der Waals surface area contributed by atoms with Crippen molar-refractivity contribution in [3.63, 3.8) is 0 Å². The van der Waals surface area contributed by atoms with Crippen LogP contribution in [0.3, 0.4) is 0 Å². The summed E-state index contributed by atoms with van der Waals surface area (Å²) in [6.07, 6.45) is 0. The van der Waals surface area contributed by atoms with E-state index in [1.807, 2.05) is 18.2 Å². The van der Waals surface area contributed by atoms with Gasteiger partial charge < -0.3 is 0 Å². The molecule has 0 aromatic heterocycles. The van der Waals surface area contributed by atoms with Crippen molar-refractivity contribution in [3.05, 3.63) is 47.5 Å². The third-order valence-corrected chi connectivity index (χ3v) is 6.08. The zero-order chi connectivity index (χ0) is 12.4. The van der Waals surface area contributed by atoms with Crippen LogP contribution in [0.4, 0.5) is 11.4 Å². The van der Waals surface area contributed by atoms with Crippen LogP contribution >= 0.6 is 0 Å². The molecule has 0 heterocycles. The van der Waals surface area contributed by atoms with Crippen LogP contribution in [0, 0.1) is 13.8 Å². The molecule has 0 aliphatic rings. The molecule has 17 heavy (non-hydrogen) atoms. The topological polar surface area (TPSA) is 52.0 Å². The van der Waals surface area contributed by atoms with Gasteiger partial charge in [-0.3, -0.25) is 0 Å². The molecule has 4 N–H and O–H groups in total. The molecular formula is C14H16N2Te. The first-order valence-electron chi connectivity index (χ1n) is 5.47. The van der Waals surface area contributed by atoms with Crippen LogP contribution < -0.4 is 18.7 Å². The Morgan fingerprint density at radius 2 is 1.71 bits per heavy atom. The molecule has 0 atom stereocenters. The molecular weight excluding hydrogens is 324 g/mol. The van der Waals surface area contributed by atoms with Crippen LogP contribution in [-0.4, -0.2) is 20.9 Å². The molecule has 0 spiro atoms. The van der Waals surface area contributed by atoms with Gasteiger partial charge in [0.25, 0.3) is 0 Å². The van der Waals surface area contributed by atoms with Gasteiger partial charge in [0.05, 0.1) is 0 Å². The Balaban J connectivity index is 2.31. The van der Waals surface area contributed by atoms with Crippen LogP contribution in [-0.2, 0) is 0 Å². The van der Waals surface area contributed by atoms with Crippen LogP contribution in [0.5, 0.6) is 0 Å². The molecule has 0 aliphatic heterocycles. The van der Waals surface area contributed by atoms with Crippen molar-refractivity contribution in [1.82, 2.24) is 0 Å². The molecule has 88 valence electrons. The molecule has 0 aliphatic carbocycles. The molecule has 0 fully saturated rings. The summed E-state index contributed by atoms with van der Waals surface area (Å²) < 4.78 is 2.80. The number of nitrogen functional groups attached to an aromatic ring is 2. The van der Waals surface area contributed by atoms with Gasteiger partial charge in [-0.1, -0.05) is 0 Å². The quantitative estimate of drug-likeness (QED) is 0.636. The Bertz CT molecular complexity index is 550. The predicted octanol–water partition coefficient (Wildman–Crippen LogP) is 1.12. The first-order chi connectivity index (χ1) is 8.08. The average molecular weight is 340 g/mol. The summed E-state index contributed by atoms with van der Waals surface area (Å²) >= 11 is -0.370. The first-order valence-corrected chi connectivity index (χ1v) is 7.80. The van der Waals surface area contributed by atoms with Crippen molar-refractivity contribution in [2.45, 2.75) is 13.8 Å². The third kappa shape index (κ3) is 2.74. The molecule has 2 aromatic rings. The van der Waals surface area contributed by atoms with Crippen molar-refractivity contribution in [3.8, 4) is 0 Å². The van der Waals surface area contributed by atoms with E-state index in [0.717, 1.165) is 16.9 Å². The van der Waals surface area contributed by atoms with Gasteiger partial charge in [0.2, 0.25) is 0 Å². The third-order valence-electron chi connectivity index (χ3n) is 2.80. The second kappa shape index (κ2) is 4.99. The van der Waals surface area contributed by atoms with Crippen LogP contribution in [0.1, 0.15) is 11.1 Å². The molecule has 0 saturated heterocycles. The molecule has 0 radical (unpaired) electrons. The maximum atomic E-state index is 5.93. The fourth-order valence-electron chi connectivity index (χ4n) is 1.58. The summed E-state index contributed by atoms with van der Waals surface area (Å²) in [5.74, 6) is 0. The van der Waals surface area contributed by atoms with Crippen molar-refractivity contribution in [2.24, 2.45) is 0 Å². The van der Waals surface area contributed by atoms with Gasteiger partial charge in [0, 0.05) is 0 Å². The molecule has 0 saturated carbocycles. The number of anilines is 2. The number of hydrogen-bond donors (Lipinski definition) is 2. The molecule has 2 rings (SSSR count). The van der Waals surface area contributed by atoms with Crippen molar-refractivity contribution < 1.29 is 0 Å². The first kappa shape index (κ1) is 12.3. The van der Waals surface area contributed by atoms with E-state index in [1.165, 1.54) is 12.8 Å². The van der Waals surface area contributed by atoms with Gasteiger partial charge in [-0.2, -0.15) is 0 Å². The molecule has 0 bridgehead atoms. The van der Waals surface area contributed by atoms with Crippen molar-refractivity contribution in [1.29, 1.82) is 0 Å². The fourth-order valence-corrected chi connectivity index (χ4v) is 4.56. The van der Waals surface area contributed by atoms with Gasteiger partial charge in [-0.15, -0.1) is 0 Å². The Morgan fingerprint density at radius 3 is 2.41 bits per heavy atom. The molecule has 0 amide bonds. The number of benzene rings is 2. The second-order valence-electron chi connectivity index (χ2n) is 4.09. The van der Waals surface area contributed by atoms with Crippen molar-refractivity contribution >= 4 is 39.5 Å². The molecule has 2 aromatic carbocycles. The standard InChI is InChI=1S/C14H16N2Te/c1-9-8-11(6-7-12(9)15)17-14-5-3-4-13(16)10(14)2/h3-8H,15-16H2,1-2H3. The number of nitrogens with two attached hydrogens (primary N) is 2. The normalized spacial score (nSPS) is 10.5. The SMILES string of the molecule is Cc1cc([Te]c2cccc(N)c2C)ccc1N. The zero-order valence-electron chi connectivity index (χ0n) is 10.0. The van der Waals surface area contributed by atoms with E-state index in [4.69, 9.17) is 11.5 Å². The zero-order valence-corrected chi connectivity index (χ0v) is 12.4. The fraction of sp³-hybridized carbons (Fsp3) is 0.143. The summed E-state index contributed by atoms with van der Waals surface area (Å²) in [7, 11) is 0. The van der Waals surface area contributed by atoms with E-state index < -0.39 is 0 Å². The van der Waals surface area contributed by atoms with Crippen LogP contribution in [0.25, 0.3) is 0 Å². The monoisotopic (exact) mass is 342 g/mol. The van der Waals surface area contributed by atoms with Gasteiger partial charge in [-0.25, -0.2) is 0 Å². The van der Waals surface area contributed by atoms with Crippen LogP contribution in [0.15, 0.2) is 36.4 Å².